The van der Waals surface area contributed by atoms with Gasteiger partial charge in [-0.25, -0.2) is 0 Å². The minimum absolute atomic E-state index is 0.110. The molecule has 2 unspecified atom stereocenters. The summed E-state index contributed by atoms with van der Waals surface area (Å²) in [6.45, 7) is 5.96. The van der Waals surface area contributed by atoms with Gasteiger partial charge in [0.1, 0.15) is 0 Å². The molecule has 4 heteroatoms. The van der Waals surface area contributed by atoms with E-state index >= 15 is 0 Å². The van der Waals surface area contributed by atoms with Gasteiger partial charge in [-0.2, -0.15) is 0 Å². The van der Waals surface area contributed by atoms with E-state index < -0.39 is 0 Å². The average Bonchev–Trinajstić information content (AvgIpc) is 2.62. The van der Waals surface area contributed by atoms with Crippen molar-refractivity contribution >= 4 is 5.91 Å². The van der Waals surface area contributed by atoms with Crippen molar-refractivity contribution in [3.63, 3.8) is 0 Å². The first-order valence-corrected chi connectivity index (χ1v) is 9.80. The van der Waals surface area contributed by atoms with Gasteiger partial charge in [0.25, 0.3) is 0 Å². The molecule has 0 spiro atoms. The van der Waals surface area contributed by atoms with Gasteiger partial charge in [-0.1, -0.05) is 19.8 Å². The number of piperidine rings is 2. The lowest BCUT2D eigenvalue weighted by Gasteiger charge is -2.45. The Morgan fingerprint density at radius 3 is 2.48 bits per heavy atom. The molecule has 1 amide bonds. The van der Waals surface area contributed by atoms with Crippen molar-refractivity contribution in [1.82, 2.24) is 9.80 Å². The van der Waals surface area contributed by atoms with Crippen LogP contribution in [0.4, 0.5) is 0 Å². The van der Waals surface area contributed by atoms with Crippen LogP contribution in [0.1, 0.15) is 64.7 Å². The molecule has 0 aromatic heterocycles. The van der Waals surface area contributed by atoms with Crippen molar-refractivity contribution in [3.05, 3.63) is 0 Å². The Kier molecular flexibility index (Phi) is 5.63. The van der Waals surface area contributed by atoms with Gasteiger partial charge in [-0.05, 0) is 69.4 Å². The molecule has 132 valence electrons. The quantitative estimate of drug-likeness (QED) is 0.865. The van der Waals surface area contributed by atoms with Crippen LogP contribution in [0.25, 0.3) is 0 Å². The van der Waals surface area contributed by atoms with Crippen LogP contribution < -0.4 is 0 Å². The third kappa shape index (κ3) is 3.74. The lowest BCUT2D eigenvalue weighted by atomic mass is 9.77. The predicted octanol–water partition coefficient (Wildman–Crippen LogP) is 2.65. The van der Waals surface area contributed by atoms with E-state index in [0.717, 1.165) is 44.8 Å². The molecule has 0 aromatic carbocycles. The second kappa shape index (κ2) is 7.52. The molecule has 0 bridgehead atoms. The second-order valence-electron chi connectivity index (χ2n) is 8.13. The largest absolute Gasteiger partial charge is 0.396 e. The van der Waals surface area contributed by atoms with Crippen LogP contribution in [-0.2, 0) is 4.79 Å². The van der Waals surface area contributed by atoms with E-state index in [1.165, 1.54) is 38.5 Å². The van der Waals surface area contributed by atoms with E-state index in [1.807, 2.05) is 0 Å². The van der Waals surface area contributed by atoms with E-state index in [-0.39, 0.29) is 5.41 Å². The fraction of sp³-hybridized carbons (Fsp3) is 0.947. The second-order valence-corrected chi connectivity index (χ2v) is 8.13. The zero-order valence-corrected chi connectivity index (χ0v) is 14.8. The number of hydrogen-bond acceptors (Lipinski definition) is 3. The third-order valence-electron chi connectivity index (χ3n) is 6.92. The highest BCUT2D eigenvalue weighted by Gasteiger charge is 2.37. The lowest BCUT2D eigenvalue weighted by Crippen LogP contribution is -2.53. The fourth-order valence-electron chi connectivity index (χ4n) is 5.03. The summed E-state index contributed by atoms with van der Waals surface area (Å²) >= 11 is 0. The molecule has 4 nitrogen and oxygen atoms in total. The van der Waals surface area contributed by atoms with Crippen LogP contribution in [0.15, 0.2) is 0 Å². The normalized spacial score (nSPS) is 31.7. The van der Waals surface area contributed by atoms with Gasteiger partial charge < -0.3 is 10.0 Å². The number of likely N-dealkylation sites (tertiary alicyclic amines) is 2. The van der Waals surface area contributed by atoms with Crippen LogP contribution in [0.2, 0.25) is 0 Å². The highest BCUT2D eigenvalue weighted by molar-refractivity contribution is 5.78. The number of rotatable bonds is 4. The molecule has 1 saturated carbocycles. The van der Waals surface area contributed by atoms with E-state index in [0.29, 0.717) is 25.1 Å². The van der Waals surface area contributed by atoms with Crippen LogP contribution in [0.5, 0.6) is 0 Å². The number of carbonyl (C=O) groups is 1. The Balaban J connectivity index is 1.53. The minimum atomic E-state index is 0.110. The SMILES string of the molecule is CCC1(CO)CCN(CC(=O)N2CCCC3CCCCC32)CC1. The molecule has 1 N–H and O–H groups in total. The highest BCUT2D eigenvalue weighted by Crippen LogP contribution is 2.36. The number of amides is 1. The Hall–Kier alpha value is -0.610. The van der Waals surface area contributed by atoms with Gasteiger partial charge in [-0.15, -0.1) is 0 Å². The molecule has 2 aliphatic heterocycles. The molecule has 2 atom stereocenters. The summed E-state index contributed by atoms with van der Waals surface area (Å²) in [7, 11) is 0. The maximum atomic E-state index is 12.9. The Morgan fingerprint density at radius 2 is 1.78 bits per heavy atom. The fourth-order valence-corrected chi connectivity index (χ4v) is 5.03. The summed E-state index contributed by atoms with van der Waals surface area (Å²) in [5.41, 5.74) is 0.110. The number of fused-ring (bicyclic) bond motifs is 1. The van der Waals surface area contributed by atoms with E-state index in [9.17, 15) is 9.90 Å². The Bertz CT molecular complexity index is 396. The molecular formula is C19H34N2O2. The summed E-state index contributed by atoms with van der Waals surface area (Å²) in [5.74, 6) is 1.12. The molecule has 23 heavy (non-hydrogen) atoms. The number of aliphatic hydroxyl groups excluding tert-OH is 1. The first kappa shape index (κ1) is 17.2. The monoisotopic (exact) mass is 322 g/mol. The molecule has 3 fully saturated rings. The molecule has 2 saturated heterocycles. The van der Waals surface area contributed by atoms with Crippen molar-refractivity contribution in [2.75, 3.05) is 32.8 Å². The van der Waals surface area contributed by atoms with Gasteiger partial charge in [0.2, 0.25) is 5.91 Å². The lowest BCUT2D eigenvalue weighted by molar-refractivity contribution is -0.139. The summed E-state index contributed by atoms with van der Waals surface area (Å²) in [4.78, 5) is 17.4. The van der Waals surface area contributed by atoms with Gasteiger partial charge in [-0.3, -0.25) is 9.69 Å². The van der Waals surface area contributed by atoms with Crippen molar-refractivity contribution in [2.45, 2.75) is 70.8 Å². The molecular weight excluding hydrogens is 288 g/mol. The maximum absolute atomic E-state index is 12.9. The molecule has 0 radical (unpaired) electrons. The first-order chi connectivity index (χ1) is 11.2. The van der Waals surface area contributed by atoms with Crippen LogP contribution >= 0.6 is 0 Å². The van der Waals surface area contributed by atoms with E-state index in [4.69, 9.17) is 0 Å². The molecule has 3 aliphatic rings. The zero-order chi connectivity index (χ0) is 16.3. The standard InChI is InChI=1S/C19H34N2O2/c1-2-19(15-22)9-12-20(13-10-19)14-18(23)21-11-5-7-16-6-3-4-8-17(16)21/h16-17,22H,2-15H2,1H3. The van der Waals surface area contributed by atoms with Crippen LogP contribution in [0.3, 0.4) is 0 Å². The van der Waals surface area contributed by atoms with Gasteiger partial charge in [0.15, 0.2) is 0 Å². The average molecular weight is 322 g/mol. The Labute approximate surface area is 141 Å². The van der Waals surface area contributed by atoms with Gasteiger partial charge in [0, 0.05) is 19.2 Å². The van der Waals surface area contributed by atoms with Crippen molar-refractivity contribution in [2.24, 2.45) is 11.3 Å². The van der Waals surface area contributed by atoms with Crippen LogP contribution in [-0.4, -0.2) is 59.6 Å². The highest BCUT2D eigenvalue weighted by atomic mass is 16.3. The third-order valence-corrected chi connectivity index (χ3v) is 6.92. The van der Waals surface area contributed by atoms with Crippen molar-refractivity contribution < 1.29 is 9.90 Å². The molecule has 1 aliphatic carbocycles. The topological polar surface area (TPSA) is 43.8 Å². The summed E-state index contributed by atoms with van der Waals surface area (Å²) in [6, 6.07) is 0.530. The summed E-state index contributed by atoms with van der Waals surface area (Å²) < 4.78 is 0. The number of nitrogens with zero attached hydrogens (tertiary/aromatic N) is 2. The Morgan fingerprint density at radius 1 is 1.09 bits per heavy atom. The van der Waals surface area contributed by atoms with Gasteiger partial charge >= 0.3 is 0 Å². The number of carbonyl (C=O) groups excluding carboxylic acids is 1. The molecule has 2 heterocycles. The van der Waals surface area contributed by atoms with E-state index in [1.54, 1.807) is 0 Å². The smallest absolute Gasteiger partial charge is 0.237 e. The number of aliphatic hydroxyl groups is 1. The zero-order valence-electron chi connectivity index (χ0n) is 14.8. The van der Waals surface area contributed by atoms with E-state index in [2.05, 4.69) is 16.7 Å². The summed E-state index contributed by atoms with van der Waals surface area (Å²) in [5, 5.41) is 9.65. The molecule has 0 aromatic rings. The minimum Gasteiger partial charge on any atom is -0.396 e. The maximum Gasteiger partial charge on any atom is 0.237 e. The van der Waals surface area contributed by atoms with Crippen LogP contribution in [0, 0.1) is 11.3 Å². The molecule has 3 rings (SSSR count). The summed E-state index contributed by atoms with van der Waals surface area (Å²) in [6.07, 6.45) is 10.8. The predicted molar refractivity (Wildman–Crippen MR) is 92.2 cm³/mol. The van der Waals surface area contributed by atoms with Gasteiger partial charge in [0.05, 0.1) is 6.54 Å². The first-order valence-electron chi connectivity index (χ1n) is 9.80. The van der Waals surface area contributed by atoms with Crippen molar-refractivity contribution in [1.29, 1.82) is 0 Å². The number of hydrogen-bond donors (Lipinski definition) is 1. The van der Waals surface area contributed by atoms with Crippen molar-refractivity contribution in [3.8, 4) is 0 Å².